The summed E-state index contributed by atoms with van der Waals surface area (Å²) in [6.07, 6.45) is 0. The predicted molar refractivity (Wildman–Crippen MR) is 79.5 cm³/mol. The molecular formula is C12H15IN4. The van der Waals surface area contributed by atoms with Crippen LogP contribution in [0.3, 0.4) is 0 Å². The summed E-state index contributed by atoms with van der Waals surface area (Å²) < 4.78 is 3.09. The minimum atomic E-state index is 0.713. The predicted octanol–water partition coefficient (Wildman–Crippen LogP) is 3.14. The number of hydrogen-bond donors (Lipinski definition) is 2. The summed E-state index contributed by atoms with van der Waals surface area (Å²) in [6.45, 7) is 4.76. The Hall–Kier alpha value is -1.24. The Balaban J connectivity index is 2.32. The highest BCUT2D eigenvalue weighted by atomic mass is 127. The van der Waals surface area contributed by atoms with Crippen LogP contribution in [0.2, 0.25) is 0 Å². The van der Waals surface area contributed by atoms with Crippen LogP contribution in [-0.4, -0.2) is 9.78 Å². The number of nitrogens with two attached hydrogens (primary N) is 1. The normalized spacial score (nSPS) is 10.5. The summed E-state index contributed by atoms with van der Waals surface area (Å²) in [4.78, 5) is 0. The summed E-state index contributed by atoms with van der Waals surface area (Å²) in [5.74, 6) is 0.867. The molecule has 90 valence electrons. The number of benzene rings is 1. The maximum absolute atomic E-state index is 6.01. The number of anilines is 3. The molecule has 0 fully saturated rings. The lowest BCUT2D eigenvalue weighted by molar-refractivity contribution is 0.661. The zero-order valence-corrected chi connectivity index (χ0v) is 12.0. The average molecular weight is 342 g/mol. The van der Waals surface area contributed by atoms with Gasteiger partial charge in [-0.2, -0.15) is 5.10 Å². The second-order valence-corrected chi connectivity index (χ2v) is 5.04. The monoisotopic (exact) mass is 342 g/mol. The van der Waals surface area contributed by atoms with Crippen molar-refractivity contribution >= 4 is 39.8 Å². The average Bonchev–Trinajstić information content (AvgIpc) is 2.59. The highest BCUT2D eigenvalue weighted by molar-refractivity contribution is 14.1. The SMILES string of the molecule is CCn1nc(C)c(N)c1Nc1ccc(I)cc1. The van der Waals surface area contributed by atoms with Gasteiger partial charge in [0.05, 0.1) is 11.4 Å². The van der Waals surface area contributed by atoms with Crippen molar-refractivity contribution in [2.45, 2.75) is 20.4 Å². The number of nitrogens with one attached hydrogen (secondary N) is 1. The van der Waals surface area contributed by atoms with Crippen molar-refractivity contribution in [2.24, 2.45) is 0 Å². The van der Waals surface area contributed by atoms with Crippen LogP contribution < -0.4 is 11.1 Å². The third-order valence-electron chi connectivity index (χ3n) is 2.58. The van der Waals surface area contributed by atoms with Gasteiger partial charge in [0.1, 0.15) is 0 Å². The van der Waals surface area contributed by atoms with Gasteiger partial charge in [0.2, 0.25) is 0 Å². The number of nitrogens with zero attached hydrogens (tertiary/aromatic N) is 2. The summed E-state index contributed by atoms with van der Waals surface area (Å²) in [7, 11) is 0. The Kier molecular flexibility index (Phi) is 3.56. The molecule has 0 spiro atoms. The van der Waals surface area contributed by atoms with Crippen LogP contribution in [0.25, 0.3) is 0 Å². The van der Waals surface area contributed by atoms with E-state index in [2.05, 4.69) is 45.1 Å². The van der Waals surface area contributed by atoms with Crippen molar-refractivity contribution in [1.82, 2.24) is 9.78 Å². The Morgan fingerprint density at radius 2 is 2.00 bits per heavy atom. The zero-order valence-electron chi connectivity index (χ0n) is 9.87. The van der Waals surface area contributed by atoms with E-state index in [-0.39, 0.29) is 0 Å². The molecular weight excluding hydrogens is 327 g/mol. The smallest absolute Gasteiger partial charge is 0.152 e. The van der Waals surface area contributed by atoms with Gasteiger partial charge in [0.15, 0.2) is 5.82 Å². The molecule has 0 amide bonds. The Labute approximate surface area is 114 Å². The summed E-state index contributed by atoms with van der Waals surface area (Å²) in [5, 5.41) is 7.68. The van der Waals surface area contributed by atoms with Gasteiger partial charge in [-0.3, -0.25) is 0 Å². The highest BCUT2D eigenvalue weighted by Gasteiger charge is 2.11. The van der Waals surface area contributed by atoms with Crippen molar-refractivity contribution < 1.29 is 0 Å². The molecule has 1 heterocycles. The quantitative estimate of drug-likeness (QED) is 0.843. The third kappa shape index (κ3) is 2.54. The van der Waals surface area contributed by atoms with Gasteiger partial charge in [-0.25, -0.2) is 4.68 Å². The molecule has 0 saturated carbocycles. The fourth-order valence-electron chi connectivity index (χ4n) is 1.63. The molecule has 0 aliphatic carbocycles. The first-order valence-corrected chi connectivity index (χ1v) is 6.55. The van der Waals surface area contributed by atoms with E-state index in [4.69, 9.17) is 5.73 Å². The fourth-order valence-corrected chi connectivity index (χ4v) is 1.99. The lowest BCUT2D eigenvalue weighted by Crippen LogP contribution is -2.04. The molecule has 2 rings (SSSR count). The van der Waals surface area contributed by atoms with Gasteiger partial charge in [-0.1, -0.05) is 0 Å². The van der Waals surface area contributed by atoms with Crippen LogP contribution in [0.4, 0.5) is 17.2 Å². The van der Waals surface area contributed by atoms with Crippen molar-refractivity contribution in [3.8, 4) is 0 Å². The van der Waals surface area contributed by atoms with Crippen LogP contribution in [0.1, 0.15) is 12.6 Å². The van der Waals surface area contributed by atoms with E-state index in [1.807, 2.05) is 30.7 Å². The van der Waals surface area contributed by atoms with Crippen LogP contribution in [0.15, 0.2) is 24.3 Å². The van der Waals surface area contributed by atoms with Gasteiger partial charge in [-0.15, -0.1) is 0 Å². The molecule has 1 aromatic heterocycles. The maximum atomic E-state index is 6.01. The Morgan fingerprint density at radius 1 is 1.35 bits per heavy atom. The number of halogens is 1. The first kappa shape index (κ1) is 12.2. The van der Waals surface area contributed by atoms with E-state index < -0.39 is 0 Å². The van der Waals surface area contributed by atoms with E-state index in [1.54, 1.807) is 0 Å². The van der Waals surface area contributed by atoms with Gasteiger partial charge >= 0.3 is 0 Å². The van der Waals surface area contributed by atoms with Crippen LogP contribution >= 0.6 is 22.6 Å². The molecule has 0 aliphatic heterocycles. The standard InChI is InChI=1S/C12H15IN4/c1-3-17-12(11(14)8(2)16-17)15-10-6-4-9(13)5-7-10/h4-7,15H,3,14H2,1-2H3. The topological polar surface area (TPSA) is 55.9 Å². The van der Waals surface area contributed by atoms with E-state index >= 15 is 0 Å². The van der Waals surface area contributed by atoms with Crippen molar-refractivity contribution in [3.63, 3.8) is 0 Å². The first-order valence-electron chi connectivity index (χ1n) is 5.47. The largest absolute Gasteiger partial charge is 0.394 e. The van der Waals surface area contributed by atoms with Crippen LogP contribution in [-0.2, 0) is 6.54 Å². The molecule has 0 radical (unpaired) electrons. The lowest BCUT2D eigenvalue weighted by atomic mass is 10.3. The lowest BCUT2D eigenvalue weighted by Gasteiger charge is -2.09. The molecule has 0 bridgehead atoms. The number of nitrogen functional groups attached to an aromatic ring is 1. The van der Waals surface area contributed by atoms with Crippen LogP contribution in [0, 0.1) is 10.5 Å². The number of rotatable bonds is 3. The van der Waals surface area contributed by atoms with Gasteiger partial charge < -0.3 is 11.1 Å². The highest BCUT2D eigenvalue weighted by Crippen LogP contribution is 2.26. The minimum absolute atomic E-state index is 0.713. The Morgan fingerprint density at radius 3 is 2.59 bits per heavy atom. The molecule has 17 heavy (non-hydrogen) atoms. The van der Waals surface area contributed by atoms with Gasteiger partial charge in [0.25, 0.3) is 0 Å². The van der Waals surface area contributed by atoms with Crippen molar-refractivity contribution in [3.05, 3.63) is 33.5 Å². The molecule has 2 aromatic rings. The second-order valence-electron chi connectivity index (χ2n) is 3.80. The van der Waals surface area contributed by atoms with Gasteiger partial charge in [-0.05, 0) is 60.7 Å². The maximum Gasteiger partial charge on any atom is 0.152 e. The number of aryl methyl sites for hydroxylation is 2. The molecule has 0 aliphatic rings. The van der Waals surface area contributed by atoms with Crippen molar-refractivity contribution in [1.29, 1.82) is 0 Å². The molecule has 0 saturated heterocycles. The van der Waals surface area contributed by atoms with E-state index in [0.717, 1.165) is 23.7 Å². The second kappa shape index (κ2) is 4.95. The molecule has 1 aromatic carbocycles. The number of hydrogen-bond acceptors (Lipinski definition) is 3. The zero-order chi connectivity index (χ0) is 12.4. The molecule has 5 heteroatoms. The molecule has 0 atom stereocenters. The summed E-state index contributed by atoms with van der Waals surface area (Å²) >= 11 is 2.28. The first-order chi connectivity index (χ1) is 8.11. The van der Waals surface area contributed by atoms with E-state index in [1.165, 1.54) is 3.57 Å². The molecule has 3 N–H and O–H groups in total. The van der Waals surface area contributed by atoms with Crippen LogP contribution in [0.5, 0.6) is 0 Å². The molecule has 0 unspecified atom stereocenters. The molecule has 4 nitrogen and oxygen atoms in total. The van der Waals surface area contributed by atoms with E-state index in [0.29, 0.717) is 5.69 Å². The van der Waals surface area contributed by atoms with Gasteiger partial charge in [0, 0.05) is 15.8 Å². The summed E-state index contributed by atoms with van der Waals surface area (Å²) in [6, 6.07) is 8.17. The number of aromatic nitrogens is 2. The summed E-state index contributed by atoms with van der Waals surface area (Å²) in [5.41, 5.74) is 8.60. The fraction of sp³-hybridized carbons (Fsp3) is 0.250. The third-order valence-corrected chi connectivity index (χ3v) is 3.30. The Bertz CT molecular complexity index is 516. The van der Waals surface area contributed by atoms with Crippen molar-refractivity contribution in [2.75, 3.05) is 11.1 Å². The van der Waals surface area contributed by atoms with E-state index in [9.17, 15) is 0 Å². The minimum Gasteiger partial charge on any atom is -0.394 e.